The van der Waals surface area contributed by atoms with Gasteiger partial charge in [0.05, 0.1) is 6.61 Å². The van der Waals surface area contributed by atoms with Crippen molar-refractivity contribution in [1.82, 2.24) is 9.80 Å². The third-order valence-electron chi connectivity index (χ3n) is 7.25. The molecule has 0 radical (unpaired) electrons. The molecule has 2 atom stereocenters. The number of piperidine rings is 1. The molecule has 7 nitrogen and oxygen atoms in total. The number of carbonyl (C=O) groups is 2. The van der Waals surface area contributed by atoms with Gasteiger partial charge >= 0.3 is 11.9 Å². The summed E-state index contributed by atoms with van der Waals surface area (Å²) in [5.41, 5.74) is 2.97. The monoisotopic (exact) mass is 576 g/mol. The first kappa shape index (κ1) is 30.8. The lowest BCUT2D eigenvalue weighted by atomic mass is 9.87. The maximum absolute atomic E-state index is 13.4. The molecule has 3 heterocycles. The Hall–Kier alpha value is -4.18. The second-order valence-corrected chi connectivity index (χ2v) is 10.2. The molecule has 0 aromatic heterocycles. The molecule has 9 heteroatoms. The van der Waals surface area contributed by atoms with Crippen molar-refractivity contribution in [2.24, 2.45) is 0 Å². The fourth-order valence-electron chi connectivity index (χ4n) is 5.23. The normalized spacial score (nSPS) is 18.5. The van der Waals surface area contributed by atoms with E-state index in [-0.39, 0.29) is 17.7 Å². The Labute approximate surface area is 244 Å². The average molecular weight is 577 g/mol. The fourth-order valence-corrected chi connectivity index (χ4v) is 5.23. The number of carboxylic acids is 2. The van der Waals surface area contributed by atoms with Crippen LogP contribution in [0.25, 0.3) is 6.08 Å². The van der Waals surface area contributed by atoms with Crippen molar-refractivity contribution in [1.29, 1.82) is 0 Å². The molecule has 3 aliphatic rings. The van der Waals surface area contributed by atoms with Crippen LogP contribution in [0.4, 0.5) is 8.78 Å². The maximum Gasteiger partial charge on any atom is 0.328 e. The minimum atomic E-state index is -1.26. The molecule has 0 spiro atoms. The zero-order valence-corrected chi connectivity index (χ0v) is 23.1. The highest BCUT2D eigenvalue weighted by molar-refractivity contribution is 5.89. The van der Waals surface area contributed by atoms with Gasteiger partial charge in [0.2, 0.25) is 0 Å². The van der Waals surface area contributed by atoms with E-state index >= 15 is 0 Å². The molecule has 3 saturated heterocycles. The van der Waals surface area contributed by atoms with Crippen molar-refractivity contribution in [2.75, 3.05) is 32.8 Å². The standard InChI is InChI=1S/C29H30F2N2O.C4H4O4/c30-25-12-8-23(9-13-25)29(24-10-14-26(31)15-11-24)34-18-17-32-20-27-19-28(21-32)33(27)16-4-7-22-5-2-1-3-6-22;5-3(6)1-2-4(7)8/h1-15,27-29H,16-21H2;1-2H,(H,5,6)(H,7,8)/b7-4+;2-1+. The van der Waals surface area contributed by atoms with Crippen molar-refractivity contribution in [3.05, 3.63) is 125 Å². The summed E-state index contributed by atoms with van der Waals surface area (Å²) in [6, 6.07) is 24.3. The zero-order valence-electron chi connectivity index (χ0n) is 23.1. The summed E-state index contributed by atoms with van der Waals surface area (Å²) in [6.07, 6.45) is 6.50. The zero-order chi connectivity index (χ0) is 29.9. The summed E-state index contributed by atoms with van der Waals surface area (Å²) in [6.45, 7) is 4.51. The topological polar surface area (TPSA) is 90.3 Å². The highest BCUT2D eigenvalue weighted by atomic mass is 19.1. The molecule has 2 bridgehead atoms. The molecule has 0 aliphatic carbocycles. The SMILES string of the molecule is Fc1ccc(C(OCCN2CC3CC(C2)N3C/C=C/c2ccccc2)c2ccc(F)cc2)cc1.O=C(O)/C=C/C(=O)O. The van der Waals surface area contributed by atoms with E-state index in [2.05, 4.69) is 46.2 Å². The number of hydrogen-bond acceptors (Lipinski definition) is 5. The molecule has 2 unspecified atom stereocenters. The fraction of sp³-hybridized carbons (Fsp3) is 0.273. The van der Waals surface area contributed by atoms with Crippen LogP contribution in [-0.2, 0) is 14.3 Å². The number of carboxylic acid groups (broad SMARTS) is 2. The van der Waals surface area contributed by atoms with Crippen LogP contribution in [0, 0.1) is 11.6 Å². The average Bonchev–Trinajstić information content (AvgIpc) is 2.98. The minimum Gasteiger partial charge on any atom is -0.478 e. The van der Waals surface area contributed by atoms with Crippen molar-refractivity contribution < 1.29 is 33.3 Å². The Morgan fingerprint density at radius 2 is 1.36 bits per heavy atom. The second kappa shape index (κ2) is 15.2. The first-order valence-corrected chi connectivity index (χ1v) is 13.7. The molecule has 0 amide bonds. The van der Waals surface area contributed by atoms with E-state index in [0.29, 0.717) is 30.8 Å². The first-order chi connectivity index (χ1) is 20.3. The van der Waals surface area contributed by atoms with Gasteiger partial charge in [-0.2, -0.15) is 0 Å². The number of hydrogen-bond donors (Lipinski definition) is 2. The third kappa shape index (κ3) is 9.17. The molecule has 3 aliphatic heterocycles. The van der Waals surface area contributed by atoms with Crippen LogP contribution >= 0.6 is 0 Å². The number of fused-ring (bicyclic) bond motifs is 2. The minimum absolute atomic E-state index is 0.280. The summed E-state index contributed by atoms with van der Waals surface area (Å²) >= 11 is 0. The lowest BCUT2D eigenvalue weighted by molar-refractivity contribution is -0.134. The Morgan fingerprint density at radius 1 is 0.833 bits per heavy atom. The number of halogens is 2. The van der Waals surface area contributed by atoms with E-state index in [4.69, 9.17) is 14.9 Å². The Balaban J connectivity index is 0.000000446. The smallest absolute Gasteiger partial charge is 0.328 e. The van der Waals surface area contributed by atoms with Crippen LogP contribution in [0.3, 0.4) is 0 Å². The van der Waals surface area contributed by atoms with Gasteiger partial charge in [0.15, 0.2) is 0 Å². The molecule has 42 heavy (non-hydrogen) atoms. The predicted octanol–water partition coefficient (Wildman–Crippen LogP) is 5.25. The molecule has 6 rings (SSSR count). The van der Waals surface area contributed by atoms with Gasteiger partial charge in [0.1, 0.15) is 17.7 Å². The summed E-state index contributed by atoms with van der Waals surface area (Å²) < 4.78 is 33.1. The van der Waals surface area contributed by atoms with E-state index in [1.807, 2.05) is 6.07 Å². The van der Waals surface area contributed by atoms with E-state index in [1.54, 1.807) is 24.3 Å². The summed E-state index contributed by atoms with van der Waals surface area (Å²) in [5, 5.41) is 15.6. The number of benzene rings is 3. The van der Waals surface area contributed by atoms with Crippen LogP contribution < -0.4 is 0 Å². The molecule has 220 valence electrons. The van der Waals surface area contributed by atoms with E-state index in [0.717, 1.165) is 37.3 Å². The second-order valence-electron chi connectivity index (χ2n) is 10.2. The van der Waals surface area contributed by atoms with Crippen LogP contribution in [0.5, 0.6) is 0 Å². The number of aliphatic carboxylic acids is 2. The van der Waals surface area contributed by atoms with Gasteiger partial charge in [-0.05, 0) is 47.4 Å². The summed E-state index contributed by atoms with van der Waals surface area (Å²) in [7, 11) is 0. The number of piperazine rings is 1. The van der Waals surface area contributed by atoms with Crippen molar-refractivity contribution >= 4 is 18.0 Å². The van der Waals surface area contributed by atoms with Gasteiger partial charge in [-0.3, -0.25) is 9.80 Å². The Bertz CT molecular complexity index is 1290. The summed E-state index contributed by atoms with van der Waals surface area (Å²) in [4.78, 5) is 24.2. The van der Waals surface area contributed by atoms with Crippen LogP contribution in [0.2, 0.25) is 0 Å². The van der Waals surface area contributed by atoms with Gasteiger partial charge in [-0.25, -0.2) is 18.4 Å². The molecule has 2 N–H and O–H groups in total. The van der Waals surface area contributed by atoms with Gasteiger partial charge in [0.25, 0.3) is 0 Å². The molecular weight excluding hydrogens is 542 g/mol. The van der Waals surface area contributed by atoms with Gasteiger partial charge in [0, 0.05) is 50.4 Å². The van der Waals surface area contributed by atoms with Crippen molar-refractivity contribution in [3.8, 4) is 0 Å². The highest BCUT2D eigenvalue weighted by Crippen LogP contribution is 2.32. The van der Waals surface area contributed by atoms with Gasteiger partial charge in [-0.1, -0.05) is 66.7 Å². The number of nitrogens with zero attached hydrogens (tertiary/aromatic N) is 2. The van der Waals surface area contributed by atoms with Crippen molar-refractivity contribution in [3.63, 3.8) is 0 Å². The predicted molar refractivity (Wildman–Crippen MR) is 156 cm³/mol. The quantitative estimate of drug-likeness (QED) is 0.301. The van der Waals surface area contributed by atoms with E-state index < -0.39 is 11.9 Å². The highest BCUT2D eigenvalue weighted by Gasteiger charge is 2.43. The van der Waals surface area contributed by atoms with Crippen LogP contribution in [0.1, 0.15) is 29.2 Å². The Kier molecular flexibility index (Phi) is 11.1. The number of rotatable bonds is 11. The summed E-state index contributed by atoms with van der Waals surface area (Å²) in [5.74, 6) is -3.07. The van der Waals surface area contributed by atoms with Crippen molar-refractivity contribution in [2.45, 2.75) is 24.6 Å². The largest absolute Gasteiger partial charge is 0.478 e. The third-order valence-corrected chi connectivity index (χ3v) is 7.25. The van der Waals surface area contributed by atoms with Gasteiger partial charge < -0.3 is 14.9 Å². The van der Waals surface area contributed by atoms with Crippen LogP contribution in [0.15, 0.2) is 97.1 Å². The van der Waals surface area contributed by atoms with E-state index in [9.17, 15) is 18.4 Å². The van der Waals surface area contributed by atoms with E-state index in [1.165, 1.54) is 36.2 Å². The van der Waals surface area contributed by atoms with Gasteiger partial charge in [-0.15, -0.1) is 0 Å². The molecule has 0 saturated carbocycles. The Morgan fingerprint density at radius 3 is 1.86 bits per heavy atom. The lowest BCUT2D eigenvalue weighted by Crippen LogP contribution is -2.68. The lowest BCUT2D eigenvalue weighted by Gasteiger charge is -2.56. The van der Waals surface area contributed by atoms with Crippen LogP contribution in [-0.4, -0.2) is 76.8 Å². The number of ether oxygens (including phenoxy) is 1. The molecular formula is C33H34F2N2O5. The first-order valence-electron chi connectivity index (χ1n) is 13.7. The maximum atomic E-state index is 13.4. The molecule has 3 aromatic rings. The molecule has 3 aromatic carbocycles. The molecule has 3 fully saturated rings.